The van der Waals surface area contributed by atoms with Crippen molar-refractivity contribution < 1.29 is 4.79 Å². The second kappa shape index (κ2) is 8.04. The summed E-state index contributed by atoms with van der Waals surface area (Å²) < 4.78 is 2.85. The standard InChI is InChI=1S/C20H20BrN5OS2/c1-10(2)17-23-19-16(11(3)12(4)29-19)18-24-25-20(26(17)18)28-9-15(27)22-14-8-6-5-7-13(14)21/h5-8,10H,9H2,1-4H3,(H,22,27). The minimum atomic E-state index is -0.0960. The lowest BCUT2D eigenvalue weighted by molar-refractivity contribution is -0.113. The van der Waals surface area contributed by atoms with Crippen molar-refractivity contribution in [1.29, 1.82) is 0 Å². The maximum Gasteiger partial charge on any atom is 0.234 e. The number of fused-ring (bicyclic) bond motifs is 3. The summed E-state index contributed by atoms with van der Waals surface area (Å²) in [4.78, 5) is 19.6. The molecule has 3 heterocycles. The van der Waals surface area contributed by atoms with Crippen LogP contribution in [0.1, 0.15) is 36.0 Å². The molecule has 0 unspecified atom stereocenters. The lowest BCUT2D eigenvalue weighted by Gasteiger charge is -2.11. The lowest BCUT2D eigenvalue weighted by Crippen LogP contribution is -2.15. The monoisotopic (exact) mass is 489 g/mol. The number of aryl methyl sites for hydroxylation is 2. The van der Waals surface area contributed by atoms with Gasteiger partial charge >= 0.3 is 0 Å². The molecule has 0 spiro atoms. The van der Waals surface area contributed by atoms with Gasteiger partial charge in [0.15, 0.2) is 10.8 Å². The third-order valence-corrected chi connectivity index (χ3v) is 7.39. The maximum absolute atomic E-state index is 12.5. The van der Waals surface area contributed by atoms with E-state index in [1.165, 1.54) is 22.2 Å². The predicted molar refractivity (Wildman–Crippen MR) is 123 cm³/mol. The summed E-state index contributed by atoms with van der Waals surface area (Å²) >= 11 is 6.50. The van der Waals surface area contributed by atoms with Gasteiger partial charge in [-0.1, -0.05) is 37.7 Å². The van der Waals surface area contributed by atoms with Crippen LogP contribution < -0.4 is 5.32 Å². The zero-order chi connectivity index (χ0) is 20.7. The Balaban J connectivity index is 1.67. The van der Waals surface area contributed by atoms with E-state index in [0.29, 0.717) is 5.16 Å². The molecule has 1 N–H and O–H groups in total. The first-order valence-corrected chi connectivity index (χ1v) is 11.8. The number of para-hydroxylation sites is 1. The van der Waals surface area contributed by atoms with Crippen LogP contribution in [0.15, 0.2) is 33.9 Å². The molecule has 0 saturated heterocycles. The van der Waals surface area contributed by atoms with Gasteiger partial charge in [-0.3, -0.25) is 9.20 Å². The summed E-state index contributed by atoms with van der Waals surface area (Å²) in [7, 11) is 0. The van der Waals surface area contributed by atoms with Crippen LogP contribution in [-0.4, -0.2) is 31.2 Å². The lowest BCUT2D eigenvalue weighted by atomic mass is 10.2. The summed E-state index contributed by atoms with van der Waals surface area (Å²) in [6.45, 7) is 8.41. The molecule has 1 amide bonds. The third-order valence-electron chi connectivity index (χ3n) is 4.67. The molecular formula is C20H20BrN5OS2. The van der Waals surface area contributed by atoms with Crippen molar-refractivity contribution >= 4 is 66.5 Å². The van der Waals surface area contributed by atoms with E-state index < -0.39 is 0 Å². The summed E-state index contributed by atoms with van der Waals surface area (Å²) in [6.07, 6.45) is 0. The first kappa shape index (κ1) is 20.3. The smallest absolute Gasteiger partial charge is 0.234 e. The van der Waals surface area contributed by atoms with Crippen molar-refractivity contribution in [3.8, 4) is 0 Å². The second-order valence-corrected chi connectivity index (χ2v) is 10.0. The molecule has 29 heavy (non-hydrogen) atoms. The number of hydrogen-bond acceptors (Lipinski definition) is 6. The average molecular weight is 490 g/mol. The van der Waals surface area contributed by atoms with Gasteiger partial charge in [-0.25, -0.2) is 4.98 Å². The van der Waals surface area contributed by atoms with Crippen LogP contribution in [-0.2, 0) is 4.79 Å². The molecule has 0 saturated carbocycles. The highest BCUT2D eigenvalue weighted by Crippen LogP contribution is 2.34. The molecule has 0 atom stereocenters. The number of anilines is 1. The fraction of sp³-hybridized carbons (Fsp3) is 0.300. The Morgan fingerprint density at radius 3 is 2.76 bits per heavy atom. The third kappa shape index (κ3) is 3.78. The van der Waals surface area contributed by atoms with Gasteiger partial charge in [0, 0.05) is 15.3 Å². The Morgan fingerprint density at radius 2 is 2.03 bits per heavy atom. The predicted octanol–water partition coefficient (Wildman–Crippen LogP) is 5.57. The Bertz CT molecular complexity index is 1230. The molecule has 6 nitrogen and oxygen atoms in total. The van der Waals surface area contributed by atoms with E-state index in [1.807, 2.05) is 28.7 Å². The van der Waals surface area contributed by atoms with Crippen LogP contribution in [0.25, 0.3) is 15.9 Å². The fourth-order valence-electron chi connectivity index (χ4n) is 3.10. The molecule has 0 aliphatic carbocycles. The molecule has 3 aromatic heterocycles. The van der Waals surface area contributed by atoms with Crippen molar-refractivity contribution in [3.05, 3.63) is 45.0 Å². The zero-order valence-corrected chi connectivity index (χ0v) is 19.7. The Labute approximate surface area is 185 Å². The number of hydrogen-bond donors (Lipinski definition) is 1. The molecular weight excluding hydrogens is 470 g/mol. The van der Waals surface area contributed by atoms with Crippen LogP contribution in [0, 0.1) is 13.8 Å². The second-order valence-electron chi connectivity index (χ2n) is 7.05. The van der Waals surface area contributed by atoms with E-state index in [4.69, 9.17) is 4.98 Å². The SMILES string of the molecule is Cc1sc2nc(C(C)C)n3c(SCC(=O)Nc4ccccc4Br)nnc3c2c1C. The minimum Gasteiger partial charge on any atom is -0.324 e. The van der Waals surface area contributed by atoms with Gasteiger partial charge in [-0.15, -0.1) is 21.5 Å². The molecule has 150 valence electrons. The van der Waals surface area contributed by atoms with Gasteiger partial charge in [-0.05, 0) is 47.5 Å². The molecule has 9 heteroatoms. The van der Waals surface area contributed by atoms with Gasteiger partial charge in [0.05, 0.1) is 16.8 Å². The quantitative estimate of drug-likeness (QED) is 0.370. The number of carbonyl (C=O) groups is 1. The van der Waals surface area contributed by atoms with E-state index in [0.717, 1.165) is 31.8 Å². The molecule has 0 bridgehead atoms. The molecule has 0 aliphatic heterocycles. The molecule has 0 aliphatic rings. The van der Waals surface area contributed by atoms with E-state index in [1.54, 1.807) is 11.3 Å². The Kier molecular flexibility index (Phi) is 5.63. The number of halogens is 1. The van der Waals surface area contributed by atoms with Crippen LogP contribution in [0.3, 0.4) is 0 Å². The van der Waals surface area contributed by atoms with Crippen LogP contribution in [0.5, 0.6) is 0 Å². The van der Waals surface area contributed by atoms with Crippen molar-refractivity contribution in [2.75, 3.05) is 11.1 Å². The summed E-state index contributed by atoms with van der Waals surface area (Å²) in [5.74, 6) is 1.25. The van der Waals surface area contributed by atoms with Gasteiger partial charge < -0.3 is 5.32 Å². The summed E-state index contributed by atoms with van der Waals surface area (Å²) in [6, 6.07) is 7.55. The molecule has 4 rings (SSSR count). The van der Waals surface area contributed by atoms with Gasteiger partial charge in [0.25, 0.3) is 0 Å². The number of nitrogens with zero attached hydrogens (tertiary/aromatic N) is 4. The highest BCUT2D eigenvalue weighted by Gasteiger charge is 2.21. The largest absolute Gasteiger partial charge is 0.324 e. The van der Waals surface area contributed by atoms with Crippen LogP contribution >= 0.6 is 39.0 Å². The number of nitrogens with one attached hydrogen (secondary N) is 1. The number of benzene rings is 1. The number of amides is 1. The number of aromatic nitrogens is 4. The summed E-state index contributed by atoms with van der Waals surface area (Å²) in [5, 5.41) is 13.5. The first-order valence-electron chi connectivity index (χ1n) is 9.18. The molecule has 0 fully saturated rings. The number of carbonyl (C=O) groups excluding carboxylic acids is 1. The van der Waals surface area contributed by atoms with E-state index >= 15 is 0 Å². The molecule has 4 aromatic rings. The fourth-order valence-corrected chi connectivity index (χ4v) is 5.26. The molecule has 1 aromatic carbocycles. The average Bonchev–Trinajstić information content (AvgIpc) is 3.22. The van der Waals surface area contributed by atoms with Crippen molar-refractivity contribution in [1.82, 2.24) is 19.6 Å². The normalized spacial score (nSPS) is 11.7. The Hall–Kier alpha value is -1.97. The highest BCUT2D eigenvalue weighted by molar-refractivity contribution is 9.10. The number of thioether (sulfide) groups is 1. The zero-order valence-electron chi connectivity index (χ0n) is 16.5. The van der Waals surface area contributed by atoms with E-state index in [-0.39, 0.29) is 17.6 Å². The highest BCUT2D eigenvalue weighted by atomic mass is 79.9. The number of thiophene rings is 1. The van der Waals surface area contributed by atoms with Crippen LogP contribution in [0.4, 0.5) is 5.69 Å². The maximum atomic E-state index is 12.5. The minimum absolute atomic E-state index is 0.0960. The summed E-state index contributed by atoms with van der Waals surface area (Å²) in [5.41, 5.74) is 2.75. The first-order chi connectivity index (χ1) is 13.9. The van der Waals surface area contributed by atoms with Crippen LogP contribution in [0.2, 0.25) is 0 Å². The van der Waals surface area contributed by atoms with Crippen molar-refractivity contribution in [2.24, 2.45) is 0 Å². The Morgan fingerprint density at radius 1 is 1.28 bits per heavy atom. The van der Waals surface area contributed by atoms with Gasteiger partial charge in [0.2, 0.25) is 5.91 Å². The van der Waals surface area contributed by atoms with E-state index in [2.05, 4.69) is 59.1 Å². The van der Waals surface area contributed by atoms with Crippen molar-refractivity contribution in [3.63, 3.8) is 0 Å². The van der Waals surface area contributed by atoms with Crippen molar-refractivity contribution in [2.45, 2.75) is 38.8 Å². The topological polar surface area (TPSA) is 72.2 Å². The molecule has 0 radical (unpaired) electrons. The number of rotatable bonds is 5. The van der Waals surface area contributed by atoms with Gasteiger partial charge in [-0.2, -0.15) is 0 Å². The van der Waals surface area contributed by atoms with E-state index in [9.17, 15) is 4.79 Å². The van der Waals surface area contributed by atoms with Gasteiger partial charge in [0.1, 0.15) is 10.7 Å².